The molecule has 20 heavy (non-hydrogen) atoms. The van der Waals surface area contributed by atoms with Gasteiger partial charge in [-0.25, -0.2) is 4.79 Å². The van der Waals surface area contributed by atoms with Crippen molar-refractivity contribution in [2.45, 2.75) is 27.7 Å². The summed E-state index contributed by atoms with van der Waals surface area (Å²) in [5.41, 5.74) is 3.08. The lowest BCUT2D eigenvalue weighted by Crippen LogP contribution is -2.38. The molecule has 0 unspecified atom stereocenters. The van der Waals surface area contributed by atoms with Gasteiger partial charge in [0.25, 0.3) is 0 Å². The minimum atomic E-state index is -0.461. The number of amides is 2. The summed E-state index contributed by atoms with van der Waals surface area (Å²) in [6.45, 7) is 8.36. The van der Waals surface area contributed by atoms with E-state index in [9.17, 15) is 9.59 Å². The molecule has 0 saturated heterocycles. The second-order valence-corrected chi connectivity index (χ2v) is 4.54. The van der Waals surface area contributed by atoms with E-state index in [0.29, 0.717) is 19.7 Å². The number of hydrogen-bond donors (Lipinski definition) is 1. The Morgan fingerprint density at radius 1 is 1.30 bits per heavy atom. The SMILES string of the molecule is CCOC(=O)NCCN(C(C)=O)c1cccc(C)c1C. The summed E-state index contributed by atoms with van der Waals surface area (Å²) >= 11 is 0. The standard InChI is InChI=1S/C15H22N2O3/c1-5-20-15(19)16-9-10-17(13(4)18)14-8-6-7-11(2)12(14)3/h6-8H,5,9-10H2,1-4H3,(H,16,19). The van der Waals surface area contributed by atoms with Gasteiger partial charge >= 0.3 is 6.09 Å². The van der Waals surface area contributed by atoms with Gasteiger partial charge in [-0.15, -0.1) is 0 Å². The van der Waals surface area contributed by atoms with E-state index in [1.165, 1.54) is 6.92 Å². The molecule has 5 heteroatoms. The van der Waals surface area contributed by atoms with Gasteiger partial charge in [-0.05, 0) is 38.0 Å². The summed E-state index contributed by atoms with van der Waals surface area (Å²) < 4.78 is 4.78. The number of benzene rings is 1. The topological polar surface area (TPSA) is 58.6 Å². The maximum absolute atomic E-state index is 11.8. The average molecular weight is 278 g/mol. The fraction of sp³-hybridized carbons (Fsp3) is 0.467. The zero-order valence-electron chi connectivity index (χ0n) is 12.5. The number of hydrogen-bond acceptors (Lipinski definition) is 3. The van der Waals surface area contributed by atoms with E-state index in [4.69, 9.17) is 4.74 Å². The smallest absolute Gasteiger partial charge is 0.407 e. The molecule has 1 rings (SSSR count). The second kappa shape index (κ2) is 7.53. The Labute approximate surface area is 119 Å². The van der Waals surface area contributed by atoms with Crippen molar-refractivity contribution in [1.29, 1.82) is 0 Å². The van der Waals surface area contributed by atoms with Crippen LogP contribution in [-0.4, -0.2) is 31.7 Å². The largest absolute Gasteiger partial charge is 0.450 e. The molecule has 0 radical (unpaired) electrons. The highest BCUT2D eigenvalue weighted by Gasteiger charge is 2.14. The van der Waals surface area contributed by atoms with Gasteiger partial charge in [0.1, 0.15) is 0 Å². The molecular formula is C15H22N2O3. The molecule has 0 aliphatic carbocycles. The second-order valence-electron chi connectivity index (χ2n) is 4.54. The third-order valence-corrected chi connectivity index (χ3v) is 3.13. The third kappa shape index (κ3) is 4.26. The van der Waals surface area contributed by atoms with Crippen LogP contribution >= 0.6 is 0 Å². The quantitative estimate of drug-likeness (QED) is 0.899. The molecule has 0 saturated carbocycles. The van der Waals surface area contributed by atoms with Gasteiger partial charge in [0.2, 0.25) is 5.91 Å². The van der Waals surface area contributed by atoms with Crippen molar-refractivity contribution in [2.75, 3.05) is 24.6 Å². The minimum absolute atomic E-state index is 0.0515. The Hall–Kier alpha value is -2.04. The number of anilines is 1. The van der Waals surface area contributed by atoms with Gasteiger partial charge in [0.15, 0.2) is 0 Å². The average Bonchev–Trinajstić information content (AvgIpc) is 2.38. The summed E-state index contributed by atoms with van der Waals surface area (Å²) in [7, 11) is 0. The fourth-order valence-corrected chi connectivity index (χ4v) is 1.93. The van der Waals surface area contributed by atoms with Crippen LogP contribution in [0.5, 0.6) is 0 Å². The van der Waals surface area contributed by atoms with Crippen molar-refractivity contribution >= 4 is 17.7 Å². The number of carbonyl (C=O) groups excluding carboxylic acids is 2. The van der Waals surface area contributed by atoms with E-state index in [0.717, 1.165) is 16.8 Å². The number of ether oxygens (including phenoxy) is 1. The molecule has 0 aromatic heterocycles. The molecule has 110 valence electrons. The molecule has 1 aromatic rings. The van der Waals surface area contributed by atoms with Crippen molar-refractivity contribution in [3.63, 3.8) is 0 Å². The van der Waals surface area contributed by atoms with Crippen molar-refractivity contribution < 1.29 is 14.3 Å². The highest BCUT2D eigenvalue weighted by atomic mass is 16.5. The summed E-state index contributed by atoms with van der Waals surface area (Å²) in [5, 5.41) is 2.62. The highest BCUT2D eigenvalue weighted by Crippen LogP contribution is 2.22. The van der Waals surface area contributed by atoms with Gasteiger partial charge < -0.3 is 15.0 Å². The van der Waals surface area contributed by atoms with Gasteiger partial charge in [-0.2, -0.15) is 0 Å². The molecule has 0 atom stereocenters. The maximum atomic E-state index is 11.8. The van der Waals surface area contributed by atoms with Gasteiger partial charge in [-0.1, -0.05) is 12.1 Å². The molecule has 0 spiro atoms. The zero-order chi connectivity index (χ0) is 15.1. The molecule has 0 aliphatic heterocycles. The van der Waals surface area contributed by atoms with Crippen LogP contribution in [0.3, 0.4) is 0 Å². The van der Waals surface area contributed by atoms with Crippen molar-refractivity contribution in [1.82, 2.24) is 5.32 Å². The van der Waals surface area contributed by atoms with Crippen LogP contribution in [0.4, 0.5) is 10.5 Å². The van der Waals surface area contributed by atoms with Crippen LogP contribution in [0.25, 0.3) is 0 Å². The minimum Gasteiger partial charge on any atom is -0.450 e. The van der Waals surface area contributed by atoms with Crippen LogP contribution < -0.4 is 10.2 Å². The maximum Gasteiger partial charge on any atom is 0.407 e. The van der Waals surface area contributed by atoms with Gasteiger partial charge in [-0.3, -0.25) is 4.79 Å². The van der Waals surface area contributed by atoms with E-state index in [-0.39, 0.29) is 5.91 Å². The van der Waals surface area contributed by atoms with E-state index in [2.05, 4.69) is 5.32 Å². The van der Waals surface area contributed by atoms with Crippen molar-refractivity contribution in [3.8, 4) is 0 Å². The molecule has 0 fully saturated rings. The molecule has 1 aromatic carbocycles. The lowest BCUT2D eigenvalue weighted by molar-refractivity contribution is -0.116. The lowest BCUT2D eigenvalue weighted by Gasteiger charge is -2.24. The Morgan fingerprint density at radius 2 is 2.00 bits per heavy atom. The van der Waals surface area contributed by atoms with E-state index < -0.39 is 6.09 Å². The number of aryl methyl sites for hydroxylation is 1. The van der Waals surface area contributed by atoms with E-state index in [1.807, 2.05) is 32.0 Å². The summed E-state index contributed by atoms with van der Waals surface area (Å²) in [6.07, 6.45) is -0.461. The Bertz CT molecular complexity index is 486. The molecule has 1 N–H and O–H groups in total. The van der Waals surface area contributed by atoms with Crippen LogP contribution in [0.1, 0.15) is 25.0 Å². The van der Waals surface area contributed by atoms with Crippen LogP contribution in [0, 0.1) is 13.8 Å². The molecule has 0 aliphatic rings. The van der Waals surface area contributed by atoms with Gasteiger partial charge in [0.05, 0.1) is 6.61 Å². The zero-order valence-corrected chi connectivity index (χ0v) is 12.5. The number of alkyl carbamates (subject to hydrolysis) is 1. The van der Waals surface area contributed by atoms with E-state index >= 15 is 0 Å². The first-order chi connectivity index (χ1) is 9.47. The fourth-order valence-electron chi connectivity index (χ4n) is 1.93. The number of nitrogens with one attached hydrogen (secondary N) is 1. The van der Waals surface area contributed by atoms with Gasteiger partial charge in [0, 0.05) is 25.7 Å². The normalized spacial score (nSPS) is 10.0. The summed E-state index contributed by atoms with van der Waals surface area (Å²) in [4.78, 5) is 24.7. The van der Waals surface area contributed by atoms with Crippen LogP contribution in [0.2, 0.25) is 0 Å². The highest BCUT2D eigenvalue weighted by molar-refractivity contribution is 5.92. The van der Waals surface area contributed by atoms with Crippen LogP contribution in [-0.2, 0) is 9.53 Å². The molecule has 0 heterocycles. The predicted molar refractivity (Wildman–Crippen MR) is 79.0 cm³/mol. The summed E-state index contributed by atoms with van der Waals surface area (Å²) in [6, 6.07) is 5.84. The first kappa shape index (κ1) is 16.0. The monoisotopic (exact) mass is 278 g/mol. The first-order valence-corrected chi connectivity index (χ1v) is 6.72. The molecular weight excluding hydrogens is 256 g/mol. The summed E-state index contributed by atoms with van der Waals surface area (Å²) in [5.74, 6) is -0.0515. The Balaban J connectivity index is 2.73. The third-order valence-electron chi connectivity index (χ3n) is 3.13. The predicted octanol–water partition coefficient (Wildman–Crippen LogP) is 2.40. The molecule has 5 nitrogen and oxygen atoms in total. The Morgan fingerprint density at radius 3 is 2.60 bits per heavy atom. The number of nitrogens with zero attached hydrogens (tertiary/aromatic N) is 1. The van der Waals surface area contributed by atoms with E-state index in [1.54, 1.807) is 11.8 Å². The van der Waals surface area contributed by atoms with Crippen LogP contribution in [0.15, 0.2) is 18.2 Å². The lowest BCUT2D eigenvalue weighted by atomic mass is 10.1. The van der Waals surface area contributed by atoms with Crippen molar-refractivity contribution in [2.24, 2.45) is 0 Å². The number of rotatable bonds is 5. The van der Waals surface area contributed by atoms with Crippen molar-refractivity contribution in [3.05, 3.63) is 29.3 Å². The Kier molecular flexibility index (Phi) is 6.03. The number of carbonyl (C=O) groups is 2. The molecule has 0 bridgehead atoms. The molecule has 2 amide bonds. The first-order valence-electron chi connectivity index (χ1n) is 6.72.